The number of imidazole rings is 1. The van der Waals surface area contributed by atoms with Crippen molar-refractivity contribution in [2.24, 2.45) is 5.73 Å². The number of nitrogen functional groups attached to an aromatic ring is 1. The number of hydrogen-bond acceptors (Lipinski definition) is 4. The van der Waals surface area contributed by atoms with Gasteiger partial charge in [0.15, 0.2) is 5.82 Å². The van der Waals surface area contributed by atoms with Crippen LogP contribution in [0.1, 0.15) is 38.5 Å². The minimum atomic E-state index is 0.513. The van der Waals surface area contributed by atoms with Gasteiger partial charge in [-0.15, -0.1) is 0 Å². The molecule has 5 heteroatoms. The minimum Gasteiger partial charge on any atom is -0.382 e. The van der Waals surface area contributed by atoms with E-state index in [1.807, 2.05) is 24.5 Å². The van der Waals surface area contributed by atoms with E-state index < -0.39 is 0 Å². The lowest BCUT2D eigenvalue weighted by Crippen LogP contribution is -1.99. The van der Waals surface area contributed by atoms with Crippen molar-refractivity contribution in [2.75, 3.05) is 12.3 Å². The number of benzene rings is 1. The van der Waals surface area contributed by atoms with Crippen LogP contribution in [0.25, 0.3) is 21.9 Å². The number of para-hydroxylation sites is 1. The van der Waals surface area contributed by atoms with Crippen LogP contribution in [0, 0.1) is 0 Å². The van der Waals surface area contributed by atoms with Crippen LogP contribution in [-0.4, -0.2) is 21.1 Å². The molecular formula is C18H25N5. The van der Waals surface area contributed by atoms with E-state index in [-0.39, 0.29) is 0 Å². The summed E-state index contributed by atoms with van der Waals surface area (Å²) in [6.45, 7) is 1.78. The number of hydrogen-bond donors (Lipinski definition) is 2. The highest BCUT2D eigenvalue weighted by atomic mass is 15.1. The zero-order valence-corrected chi connectivity index (χ0v) is 13.5. The van der Waals surface area contributed by atoms with Gasteiger partial charge in [-0.3, -0.25) is 0 Å². The van der Waals surface area contributed by atoms with Gasteiger partial charge in [0.05, 0.1) is 17.4 Å². The number of anilines is 1. The van der Waals surface area contributed by atoms with Crippen LogP contribution in [0.3, 0.4) is 0 Å². The van der Waals surface area contributed by atoms with Gasteiger partial charge in [0.2, 0.25) is 0 Å². The first-order chi connectivity index (χ1) is 11.3. The highest BCUT2D eigenvalue weighted by Crippen LogP contribution is 2.27. The van der Waals surface area contributed by atoms with Crippen LogP contribution >= 0.6 is 0 Å². The summed E-state index contributed by atoms with van der Waals surface area (Å²) in [7, 11) is 0. The summed E-state index contributed by atoms with van der Waals surface area (Å²) < 4.78 is 2.22. The number of aryl methyl sites for hydroxylation is 1. The van der Waals surface area contributed by atoms with Crippen LogP contribution in [0.5, 0.6) is 0 Å². The van der Waals surface area contributed by atoms with E-state index in [9.17, 15) is 0 Å². The standard InChI is InChI=1S/C18H25N5/c19-11-7-3-1-2-4-8-12-23-13-21-16-17(23)14-9-5-6-10-15(14)22-18(16)20/h5-6,9-10,13H,1-4,7-8,11-12,19H2,(H2,20,22). The number of fused-ring (bicyclic) bond motifs is 3. The molecule has 0 amide bonds. The Balaban J connectivity index is 1.72. The average Bonchev–Trinajstić information content (AvgIpc) is 2.99. The van der Waals surface area contributed by atoms with Gasteiger partial charge in [-0.1, -0.05) is 43.9 Å². The van der Waals surface area contributed by atoms with Crippen LogP contribution < -0.4 is 11.5 Å². The summed E-state index contributed by atoms with van der Waals surface area (Å²) in [4.78, 5) is 8.92. The molecule has 0 spiro atoms. The molecule has 122 valence electrons. The lowest BCUT2D eigenvalue weighted by molar-refractivity contribution is 0.559. The number of nitrogens with zero attached hydrogens (tertiary/aromatic N) is 3. The van der Waals surface area contributed by atoms with Crippen molar-refractivity contribution in [3.8, 4) is 0 Å². The van der Waals surface area contributed by atoms with Crippen molar-refractivity contribution >= 4 is 27.8 Å². The summed E-state index contributed by atoms with van der Waals surface area (Å²) in [6, 6.07) is 8.12. The molecule has 0 aliphatic carbocycles. The molecule has 0 radical (unpaired) electrons. The first-order valence-electron chi connectivity index (χ1n) is 8.50. The summed E-state index contributed by atoms with van der Waals surface area (Å²) in [6.07, 6.45) is 9.23. The van der Waals surface area contributed by atoms with Crippen molar-refractivity contribution < 1.29 is 0 Å². The molecule has 0 aliphatic heterocycles. The van der Waals surface area contributed by atoms with Crippen LogP contribution in [0.15, 0.2) is 30.6 Å². The van der Waals surface area contributed by atoms with E-state index in [0.717, 1.165) is 47.9 Å². The minimum absolute atomic E-state index is 0.513. The molecule has 0 saturated carbocycles. The third-order valence-electron chi connectivity index (χ3n) is 4.33. The van der Waals surface area contributed by atoms with Crippen molar-refractivity contribution in [2.45, 2.75) is 45.1 Å². The molecule has 0 aliphatic rings. The van der Waals surface area contributed by atoms with Gasteiger partial charge in [-0.05, 0) is 25.5 Å². The highest BCUT2D eigenvalue weighted by molar-refractivity contribution is 6.06. The number of unbranched alkanes of at least 4 members (excludes halogenated alkanes) is 5. The molecule has 0 bridgehead atoms. The summed E-state index contributed by atoms with van der Waals surface area (Å²) >= 11 is 0. The van der Waals surface area contributed by atoms with E-state index >= 15 is 0 Å². The first-order valence-corrected chi connectivity index (χ1v) is 8.50. The molecule has 3 rings (SSSR count). The van der Waals surface area contributed by atoms with Gasteiger partial charge in [0.25, 0.3) is 0 Å². The second-order valence-corrected chi connectivity index (χ2v) is 6.06. The zero-order valence-electron chi connectivity index (χ0n) is 13.5. The van der Waals surface area contributed by atoms with E-state index in [1.165, 1.54) is 25.7 Å². The molecule has 0 unspecified atom stereocenters. The SMILES string of the molecule is NCCCCCCCCn1cnc2c(N)nc3ccccc3c21. The van der Waals surface area contributed by atoms with Gasteiger partial charge in [-0.25, -0.2) is 9.97 Å². The molecule has 1 aromatic carbocycles. The maximum atomic E-state index is 6.06. The molecule has 5 nitrogen and oxygen atoms in total. The van der Waals surface area contributed by atoms with E-state index in [1.54, 1.807) is 0 Å². The van der Waals surface area contributed by atoms with Gasteiger partial charge in [-0.2, -0.15) is 0 Å². The quantitative estimate of drug-likeness (QED) is 0.624. The second kappa shape index (κ2) is 7.42. The summed E-state index contributed by atoms with van der Waals surface area (Å²) in [5, 5.41) is 1.12. The first kappa shape index (κ1) is 15.7. The summed E-state index contributed by atoms with van der Waals surface area (Å²) in [5.41, 5.74) is 14.4. The third-order valence-corrected chi connectivity index (χ3v) is 4.33. The molecule has 23 heavy (non-hydrogen) atoms. The molecule has 0 atom stereocenters. The average molecular weight is 311 g/mol. The predicted molar refractivity (Wildman–Crippen MR) is 96.2 cm³/mol. The van der Waals surface area contributed by atoms with Crippen LogP contribution in [0.2, 0.25) is 0 Å². The van der Waals surface area contributed by atoms with Crippen molar-refractivity contribution in [3.05, 3.63) is 30.6 Å². The third kappa shape index (κ3) is 3.45. The van der Waals surface area contributed by atoms with E-state index in [2.05, 4.69) is 20.6 Å². The number of aromatic nitrogens is 3. The van der Waals surface area contributed by atoms with Crippen molar-refractivity contribution in [1.82, 2.24) is 14.5 Å². The van der Waals surface area contributed by atoms with Gasteiger partial charge < -0.3 is 16.0 Å². The van der Waals surface area contributed by atoms with E-state index in [0.29, 0.717) is 5.82 Å². The molecule has 0 saturated heterocycles. The smallest absolute Gasteiger partial charge is 0.152 e. The van der Waals surface area contributed by atoms with Gasteiger partial charge in [0.1, 0.15) is 5.52 Å². The van der Waals surface area contributed by atoms with Gasteiger partial charge in [0, 0.05) is 11.9 Å². The Morgan fingerprint density at radius 1 is 0.957 bits per heavy atom. The normalized spacial score (nSPS) is 11.5. The number of pyridine rings is 1. The molecular weight excluding hydrogens is 286 g/mol. The van der Waals surface area contributed by atoms with Crippen LogP contribution in [-0.2, 0) is 6.54 Å². The van der Waals surface area contributed by atoms with E-state index in [4.69, 9.17) is 11.5 Å². The largest absolute Gasteiger partial charge is 0.382 e. The van der Waals surface area contributed by atoms with Crippen LogP contribution in [0.4, 0.5) is 5.82 Å². The highest BCUT2D eigenvalue weighted by Gasteiger charge is 2.11. The number of rotatable bonds is 8. The predicted octanol–water partition coefficient (Wildman–Crippen LogP) is 3.47. The fourth-order valence-electron chi connectivity index (χ4n) is 3.11. The lowest BCUT2D eigenvalue weighted by atomic mass is 10.1. The fourth-order valence-corrected chi connectivity index (χ4v) is 3.11. The maximum absolute atomic E-state index is 6.06. The molecule has 2 aromatic heterocycles. The maximum Gasteiger partial charge on any atom is 0.152 e. The summed E-state index contributed by atoms with van der Waals surface area (Å²) in [5.74, 6) is 0.513. The molecule has 4 N–H and O–H groups in total. The van der Waals surface area contributed by atoms with Crippen molar-refractivity contribution in [1.29, 1.82) is 0 Å². The van der Waals surface area contributed by atoms with Gasteiger partial charge >= 0.3 is 0 Å². The Labute approximate surface area is 136 Å². The Hall–Kier alpha value is -2.14. The molecule has 3 aromatic rings. The number of nitrogens with two attached hydrogens (primary N) is 2. The fraction of sp³-hybridized carbons (Fsp3) is 0.444. The molecule has 2 heterocycles. The Kier molecular flexibility index (Phi) is 5.08. The second-order valence-electron chi connectivity index (χ2n) is 6.06. The zero-order chi connectivity index (χ0) is 16.1. The monoisotopic (exact) mass is 311 g/mol. The van der Waals surface area contributed by atoms with Crippen molar-refractivity contribution in [3.63, 3.8) is 0 Å². The Morgan fingerprint density at radius 2 is 1.70 bits per heavy atom. The Morgan fingerprint density at radius 3 is 2.52 bits per heavy atom. The Bertz CT molecular complexity index is 778. The lowest BCUT2D eigenvalue weighted by Gasteiger charge is -2.07. The molecule has 0 fully saturated rings. The topological polar surface area (TPSA) is 82.8 Å².